The number of nitrogens with one attached hydrogen (secondary N) is 1. The Bertz CT molecular complexity index is 636. The van der Waals surface area contributed by atoms with Gasteiger partial charge in [-0.15, -0.1) is 11.3 Å². The standard InChI is InChI=1S/C15H23N5S2/c1-11-10-12-13(22-11)14(20-6-4-16-5-7-20)18-15(17-12)19(2)8-9-21-3/h10,16H,4-9H2,1-3H3. The molecule has 7 heteroatoms. The summed E-state index contributed by atoms with van der Waals surface area (Å²) in [5, 5.41) is 3.41. The van der Waals surface area contributed by atoms with E-state index in [-0.39, 0.29) is 0 Å². The van der Waals surface area contributed by atoms with Crippen molar-refractivity contribution < 1.29 is 0 Å². The Hall–Kier alpha value is -1.05. The van der Waals surface area contributed by atoms with Crippen molar-refractivity contribution >= 4 is 45.1 Å². The van der Waals surface area contributed by atoms with Crippen LogP contribution in [0.3, 0.4) is 0 Å². The summed E-state index contributed by atoms with van der Waals surface area (Å²) < 4.78 is 1.22. The van der Waals surface area contributed by atoms with Crippen molar-refractivity contribution in [3.8, 4) is 0 Å². The molecule has 120 valence electrons. The van der Waals surface area contributed by atoms with E-state index < -0.39 is 0 Å². The van der Waals surface area contributed by atoms with Gasteiger partial charge in [-0.25, -0.2) is 4.98 Å². The van der Waals surface area contributed by atoms with Crippen LogP contribution in [0.15, 0.2) is 6.07 Å². The molecule has 0 saturated carbocycles. The summed E-state index contributed by atoms with van der Waals surface area (Å²) in [7, 11) is 2.08. The minimum absolute atomic E-state index is 0.841. The molecule has 0 bridgehead atoms. The second-order valence-electron chi connectivity index (χ2n) is 5.57. The fourth-order valence-electron chi connectivity index (χ4n) is 2.61. The third kappa shape index (κ3) is 3.31. The summed E-state index contributed by atoms with van der Waals surface area (Å²) in [6.07, 6.45) is 2.13. The number of piperazine rings is 1. The van der Waals surface area contributed by atoms with E-state index in [1.807, 2.05) is 11.8 Å². The van der Waals surface area contributed by atoms with E-state index in [1.54, 1.807) is 11.3 Å². The largest absolute Gasteiger partial charge is 0.353 e. The summed E-state index contributed by atoms with van der Waals surface area (Å²) in [5.41, 5.74) is 1.08. The first-order chi connectivity index (χ1) is 10.7. The number of hydrogen-bond acceptors (Lipinski definition) is 7. The van der Waals surface area contributed by atoms with Gasteiger partial charge in [-0.1, -0.05) is 0 Å². The zero-order chi connectivity index (χ0) is 15.5. The van der Waals surface area contributed by atoms with E-state index in [9.17, 15) is 0 Å². The van der Waals surface area contributed by atoms with Crippen LogP contribution < -0.4 is 15.1 Å². The molecular weight excluding hydrogens is 314 g/mol. The van der Waals surface area contributed by atoms with Crippen LogP contribution in [-0.2, 0) is 0 Å². The predicted octanol–water partition coefficient (Wildman–Crippen LogP) is 2.21. The molecule has 1 saturated heterocycles. The van der Waals surface area contributed by atoms with Crippen LogP contribution in [0.25, 0.3) is 10.2 Å². The molecule has 1 aliphatic rings. The molecule has 0 spiro atoms. The molecule has 2 aromatic heterocycles. The number of nitrogens with zero attached hydrogens (tertiary/aromatic N) is 4. The van der Waals surface area contributed by atoms with Gasteiger partial charge in [0.15, 0.2) is 5.82 Å². The van der Waals surface area contributed by atoms with Crippen molar-refractivity contribution in [1.29, 1.82) is 0 Å². The molecule has 0 aliphatic carbocycles. The molecule has 0 aromatic carbocycles. The first-order valence-corrected chi connectivity index (χ1v) is 9.84. The molecule has 0 radical (unpaired) electrons. The Morgan fingerprint density at radius 3 is 2.86 bits per heavy atom. The van der Waals surface area contributed by atoms with Crippen molar-refractivity contribution in [2.24, 2.45) is 0 Å². The third-order valence-corrected chi connectivity index (χ3v) is 5.48. The quantitative estimate of drug-likeness (QED) is 0.902. The van der Waals surface area contributed by atoms with Crippen LogP contribution in [-0.4, -0.2) is 61.7 Å². The van der Waals surface area contributed by atoms with Gasteiger partial charge in [-0.05, 0) is 19.2 Å². The van der Waals surface area contributed by atoms with Gasteiger partial charge >= 0.3 is 0 Å². The molecule has 2 aromatic rings. The Morgan fingerprint density at radius 2 is 2.14 bits per heavy atom. The van der Waals surface area contributed by atoms with Crippen molar-refractivity contribution in [3.63, 3.8) is 0 Å². The van der Waals surface area contributed by atoms with Crippen LogP contribution in [0, 0.1) is 6.92 Å². The van der Waals surface area contributed by atoms with Crippen molar-refractivity contribution in [2.75, 3.05) is 61.6 Å². The fourth-order valence-corrected chi connectivity index (χ4v) is 4.04. The maximum Gasteiger partial charge on any atom is 0.227 e. The number of thioether (sulfide) groups is 1. The van der Waals surface area contributed by atoms with Crippen LogP contribution in [0.2, 0.25) is 0 Å². The average molecular weight is 338 g/mol. The molecule has 0 atom stereocenters. The molecule has 0 unspecified atom stereocenters. The highest BCUT2D eigenvalue weighted by atomic mass is 32.2. The van der Waals surface area contributed by atoms with E-state index >= 15 is 0 Å². The number of aromatic nitrogens is 2. The highest BCUT2D eigenvalue weighted by Gasteiger charge is 2.19. The SMILES string of the molecule is CSCCN(C)c1nc(N2CCNCC2)c2sc(C)cc2n1. The second-order valence-corrected chi connectivity index (χ2v) is 7.81. The number of rotatable bonds is 5. The van der Waals surface area contributed by atoms with Gasteiger partial charge in [-0.2, -0.15) is 16.7 Å². The molecular formula is C15H23N5S2. The van der Waals surface area contributed by atoms with Gasteiger partial charge in [0.1, 0.15) is 0 Å². The average Bonchev–Trinajstić information content (AvgIpc) is 2.92. The Balaban J connectivity index is 1.99. The van der Waals surface area contributed by atoms with Gasteiger partial charge in [0.2, 0.25) is 5.95 Å². The van der Waals surface area contributed by atoms with Gasteiger partial charge in [0.05, 0.1) is 10.2 Å². The topological polar surface area (TPSA) is 44.3 Å². The van der Waals surface area contributed by atoms with E-state index in [0.29, 0.717) is 0 Å². The number of fused-ring (bicyclic) bond motifs is 1. The Kier molecular flexibility index (Phi) is 5.05. The van der Waals surface area contributed by atoms with E-state index in [1.165, 1.54) is 9.58 Å². The fraction of sp³-hybridized carbons (Fsp3) is 0.600. The van der Waals surface area contributed by atoms with Crippen molar-refractivity contribution in [1.82, 2.24) is 15.3 Å². The molecule has 1 N–H and O–H groups in total. The van der Waals surface area contributed by atoms with Gasteiger partial charge in [0.25, 0.3) is 0 Å². The summed E-state index contributed by atoms with van der Waals surface area (Å²) >= 11 is 3.65. The molecule has 5 nitrogen and oxygen atoms in total. The molecule has 22 heavy (non-hydrogen) atoms. The zero-order valence-electron chi connectivity index (χ0n) is 13.4. The lowest BCUT2D eigenvalue weighted by Crippen LogP contribution is -2.44. The number of aryl methyl sites for hydroxylation is 1. The molecule has 3 heterocycles. The Morgan fingerprint density at radius 1 is 1.36 bits per heavy atom. The monoisotopic (exact) mass is 337 g/mol. The smallest absolute Gasteiger partial charge is 0.227 e. The van der Waals surface area contributed by atoms with E-state index in [2.05, 4.69) is 41.4 Å². The minimum atomic E-state index is 0.841. The van der Waals surface area contributed by atoms with Crippen LogP contribution in [0.1, 0.15) is 4.88 Å². The molecule has 1 fully saturated rings. The normalized spacial score (nSPS) is 15.5. The van der Waals surface area contributed by atoms with Gasteiger partial charge in [-0.3, -0.25) is 0 Å². The second kappa shape index (κ2) is 7.02. The predicted molar refractivity (Wildman–Crippen MR) is 98.9 cm³/mol. The summed E-state index contributed by atoms with van der Waals surface area (Å²) in [6, 6.07) is 2.18. The van der Waals surface area contributed by atoms with Crippen molar-refractivity contribution in [2.45, 2.75) is 6.92 Å². The third-order valence-electron chi connectivity index (χ3n) is 3.85. The number of thiophene rings is 1. The van der Waals surface area contributed by atoms with Crippen LogP contribution in [0.4, 0.5) is 11.8 Å². The lowest BCUT2D eigenvalue weighted by atomic mass is 10.3. The highest BCUT2D eigenvalue weighted by molar-refractivity contribution is 7.98. The Labute approximate surface area is 140 Å². The zero-order valence-corrected chi connectivity index (χ0v) is 15.1. The van der Waals surface area contributed by atoms with Crippen LogP contribution in [0.5, 0.6) is 0 Å². The maximum absolute atomic E-state index is 4.90. The van der Waals surface area contributed by atoms with Gasteiger partial charge < -0.3 is 15.1 Å². The van der Waals surface area contributed by atoms with E-state index in [0.717, 1.165) is 55.8 Å². The molecule has 1 aliphatic heterocycles. The molecule has 3 rings (SSSR count). The maximum atomic E-state index is 4.90. The number of anilines is 2. The minimum Gasteiger partial charge on any atom is -0.353 e. The first-order valence-electron chi connectivity index (χ1n) is 7.63. The lowest BCUT2D eigenvalue weighted by molar-refractivity contribution is 0.586. The lowest BCUT2D eigenvalue weighted by Gasteiger charge is -2.29. The molecule has 0 amide bonds. The van der Waals surface area contributed by atoms with Crippen molar-refractivity contribution in [3.05, 3.63) is 10.9 Å². The number of hydrogen-bond donors (Lipinski definition) is 1. The summed E-state index contributed by atoms with van der Waals surface area (Å²) in [6.45, 7) is 7.18. The summed E-state index contributed by atoms with van der Waals surface area (Å²) in [5.74, 6) is 3.03. The van der Waals surface area contributed by atoms with Crippen LogP contribution >= 0.6 is 23.1 Å². The highest BCUT2D eigenvalue weighted by Crippen LogP contribution is 2.33. The first kappa shape index (κ1) is 15.8. The summed E-state index contributed by atoms with van der Waals surface area (Å²) in [4.78, 5) is 15.5. The van der Waals surface area contributed by atoms with E-state index in [4.69, 9.17) is 9.97 Å². The van der Waals surface area contributed by atoms with Gasteiger partial charge in [0, 0.05) is 50.4 Å².